The summed E-state index contributed by atoms with van der Waals surface area (Å²) in [5.74, 6) is -0.123. The number of hydrogen-bond donors (Lipinski definition) is 2. The molecule has 0 bridgehead atoms. The highest BCUT2D eigenvalue weighted by Crippen LogP contribution is 2.16. The van der Waals surface area contributed by atoms with Crippen LogP contribution in [0.3, 0.4) is 0 Å². The highest BCUT2D eigenvalue weighted by molar-refractivity contribution is 5.81. The first-order chi connectivity index (χ1) is 11.2. The number of amides is 2. The van der Waals surface area contributed by atoms with Gasteiger partial charge in [0, 0.05) is 6.04 Å². The molecule has 1 rings (SSSR count). The van der Waals surface area contributed by atoms with Crippen molar-refractivity contribution < 1.29 is 9.59 Å². The number of aryl methyl sites for hydroxylation is 2. The lowest BCUT2D eigenvalue weighted by atomic mass is 10.0. The minimum Gasteiger partial charge on any atom is -0.353 e. The Hall–Kier alpha value is -1.88. The Labute approximate surface area is 145 Å². The number of carbonyl (C=O) groups excluding carboxylic acids is 2. The van der Waals surface area contributed by atoms with Crippen LogP contribution < -0.4 is 10.6 Å². The molecule has 0 aliphatic rings. The molecule has 1 aromatic rings. The molecule has 0 saturated heterocycles. The molecule has 5 heteroatoms. The van der Waals surface area contributed by atoms with E-state index in [0.717, 1.165) is 5.56 Å². The van der Waals surface area contributed by atoms with E-state index in [0.29, 0.717) is 6.54 Å². The summed E-state index contributed by atoms with van der Waals surface area (Å²) in [6.45, 7) is 13.0. The van der Waals surface area contributed by atoms with Gasteiger partial charge in [0.2, 0.25) is 11.8 Å². The second-order valence-electron chi connectivity index (χ2n) is 6.66. The largest absolute Gasteiger partial charge is 0.353 e. The first kappa shape index (κ1) is 20.2. The maximum absolute atomic E-state index is 12.3. The van der Waals surface area contributed by atoms with Crippen molar-refractivity contribution in [3.05, 3.63) is 34.9 Å². The van der Waals surface area contributed by atoms with E-state index in [1.165, 1.54) is 11.1 Å². The van der Waals surface area contributed by atoms with E-state index in [1.54, 1.807) is 0 Å². The van der Waals surface area contributed by atoms with Crippen LogP contribution >= 0.6 is 0 Å². The van der Waals surface area contributed by atoms with Crippen molar-refractivity contribution in [3.63, 3.8) is 0 Å². The summed E-state index contributed by atoms with van der Waals surface area (Å²) in [6.07, 6.45) is 0. The monoisotopic (exact) mass is 333 g/mol. The number of nitrogens with zero attached hydrogens (tertiary/aromatic N) is 1. The van der Waals surface area contributed by atoms with Gasteiger partial charge < -0.3 is 10.6 Å². The van der Waals surface area contributed by atoms with E-state index in [2.05, 4.69) is 36.6 Å². The summed E-state index contributed by atoms with van der Waals surface area (Å²) in [5.41, 5.74) is 3.55. The second-order valence-corrected chi connectivity index (χ2v) is 6.66. The molecule has 0 aliphatic heterocycles. The predicted octanol–water partition coefficient (Wildman–Crippen LogP) is 2.33. The van der Waals surface area contributed by atoms with Crippen LogP contribution in [0.15, 0.2) is 18.2 Å². The molecule has 2 N–H and O–H groups in total. The normalized spacial score (nSPS) is 12.3. The standard InChI is InChI=1S/C19H31N3O2/c1-7-22(11-18(23)20-13(2)3)12-19(24)21-16(6)17-9-8-14(4)15(5)10-17/h8-10,13,16H,7,11-12H2,1-6H3,(H,20,23)(H,21,24). The molecule has 0 saturated carbocycles. The molecule has 0 spiro atoms. The molecule has 0 aromatic heterocycles. The number of likely N-dealkylation sites (N-methyl/N-ethyl adjacent to an activating group) is 1. The zero-order chi connectivity index (χ0) is 18.3. The second kappa shape index (κ2) is 9.42. The van der Waals surface area contributed by atoms with Crippen LogP contribution in [-0.4, -0.2) is 42.4 Å². The van der Waals surface area contributed by atoms with Crippen LogP contribution in [0.1, 0.15) is 50.4 Å². The Morgan fingerprint density at radius 2 is 1.58 bits per heavy atom. The summed E-state index contributed by atoms with van der Waals surface area (Å²) < 4.78 is 0. The van der Waals surface area contributed by atoms with Gasteiger partial charge in [0.25, 0.3) is 0 Å². The van der Waals surface area contributed by atoms with Gasteiger partial charge in [0.1, 0.15) is 0 Å². The minimum atomic E-state index is -0.0695. The van der Waals surface area contributed by atoms with Gasteiger partial charge in [-0.1, -0.05) is 25.1 Å². The summed E-state index contributed by atoms with van der Waals surface area (Å²) >= 11 is 0. The molecule has 2 amide bonds. The van der Waals surface area contributed by atoms with Crippen molar-refractivity contribution in [2.75, 3.05) is 19.6 Å². The van der Waals surface area contributed by atoms with Gasteiger partial charge in [-0.15, -0.1) is 0 Å². The average molecular weight is 333 g/mol. The predicted molar refractivity (Wildman–Crippen MR) is 97.9 cm³/mol. The SMILES string of the molecule is CCN(CC(=O)NC(C)C)CC(=O)NC(C)c1ccc(C)c(C)c1. The Bertz CT molecular complexity index is 570. The molecule has 24 heavy (non-hydrogen) atoms. The van der Waals surface area contributed by atoms with E-state index < -0.39 is 0 Å². The Balaban J connectivity index is 2.56. The van der Waals surface area contributed by atoms with Crippen LogP contribution in [0.25, 0.3) is 0 Å². The van der Waals surface area contributed by atoms with E-state index in [4.69, 9.17) is 0 Å². The van der Waals surface area contributed by atoms with Crippen molar-refractivity contribution in [2.24, 2.45) is 0 Å². The van der Waals surface area contributed by atoms with Crippen LogP contribution in [0.5, 0.6) is 0 Å². The van der Waals surface area contributed by atoms with Crippen molar-refractivity contribution in [3.8, 4) is 0 Å². The zero-order valence-electron chi connectivity index (χ0n) is 15.8. The van der Waals surface area contributed by atoms with Crippen LogP contribution in [-0.2, 0) is 9.59 Å². The third-order valence-electron chi connectivity index (χ3n) is 4.04. The highest BCUT2D eigenvalue weighted by atomic mass is 16.2. The topological polar surface area (TPSA) is 61.4 Å². The first-order valence-corrected chi connectivity index (χ1v) is 8.61. The van der Waals surface area contributed by atoms with Gasteiger partial charge in [0.15, 0.2) is 0 Å². The quantitative estimate of drug-likeness (QED) is 0.767. The van der Waals surface area contributed by atoms with Crippen molar-refractivity contribution >= 4 is 11.8 Å². The molecule has 1 aromatic carbocycles. The molecule has 1 atom stereocenters. The van der Waals surface area contributed by atoms with Crippen LogP contribution in [0, 0.1) is 13.8 Å². The number of carbonyl (C=O) groups is 2. The Morgan fingerprint density at radius 3 is 2.08 bits per heavy atom. The Kier molecular flexibility index (Phi) is 7.92. The third-order valence-corrected chi connectivity index (χ3v) is 4.04. The summed E-state index contributed by atoms with van der Waals surface area (Å²) in [4.78, 5) is 25.9. The summed E-state index contributed by atoms with van der Waals surface area (Å²) in [7, 11) is 0. The van der Waals surface area contributed by atoms with Gasteiger partial charge in [-0.25, -0.2) is 0 Å². The smallest absolute Gasteiger partial charge is 0.234 e. The fourth-order valence-electron chi connectivity index (χ4n) is 2.46. The molecule has 0 heterocycles. The van der Waals surface area contributed by atoms with Crippen LogP contribution in [0.2, 0.25) is 0 Å². The Morgan fingerprint density at radius 1 is 1.00 bits per heavy atom. The summed E-state index contributed by atoms with van der Waals surface area (Å²) in [6, 6.07) is 6.27. The van der Waals surface area contributed by atoms with Crippen molar-refractivity contribution in [1.82, 2.24) is 15.5 Å². The minimum absolute atomic E-state index is 0.0538. The lowest BCUT2D eigenvalue weighted by Gasteiger charge is -2.22. The van der Waals surface area contributed by atoms with E-state index >= 15 is 0 Å². The first-order valence-electron chi connectivity index (χ1n) is 8.61. The number of rotatable bonds is 8. The third kappa shape index (κ3) is 6.71. The molecule has 134 valence electrons. The van der Waals surface area contributed by atoms with Gasteiger partial charge in [0.05, 0.1) is 19.1 Å². The fourth-order valence-corrected chi connectivity index (χ4v) is 2.46. The van der Waals surface area contributed by atoms with Crippen LogP contribution in [0.4, 0.5) is 0 Å². The van der Waals surface area contributed by atoms with Gasteiger partial charge in [-0.2, -0.15) is 0 Å². The maximum Gasteiger partial charge on any atom is 0.234 e. The van der Waals surface area contributed by atoms with Crippen molar-refractivity contribution in [1.29, 1.82) is 0 Å². The molecular formula is C19H31N3O2. The molecular weight excluding hydrogens is 302 g/mol. The molecule has 0 fully saturated rings. The highest BCUT2D eigenvalue weighted by Gasteiger charge is 2.16. The van der Waals surface area contributed by atoms with Gasteiger partial charge in [-0.3, -0.25) is 14.5 Å². The zero-order valence-corrected chi connectivity index (χ0v) is 15.8. The lowest BCUT2D eigenvalue weighted by molar-refractivity contribution is -0.125. The number of benzene rings is 1. The van der Waals surface area contributed by atoms with E-state index in [1.807, 2.05) is 38.7 Å². The molecule has 5 nitrogen and oxygen atoms in total. The van der Waals surface area contributed by atoms with Gasteiger partial charge >= 0.3 is 0 Å². The van der Waals surface area contributed by atoms with E-state index in [-0.39, 0.29) is 37.0 Å². The number of nitrogens with one attached hydrogen (secondary N) is 2. The molecule has 0 radical (unpaired) electrons. The fraction of sp³-hybridized carbons (Fsp3) is 0.579. The lowest BCUT2D eigenvalue weighted by Crippen LogP contribution is -2.44. The molecule has 1 unspecified atom stereocenters. The van der Waals surface area contributed by atoms with Gasteiger partial charge in [-0.05, 0) is 57.9 Å². The maximum atomic E-state index is 12.3. The van der Waals surface area contributed by atoms with E-state index in [9.17, 15) is 9.59 Å². The van der Waals surface area contributed by atoms with Crippen molar-refractivity contribution in [2.45, 2.75) is 53.6 Å². The number of hydrogen-bond acceptors (Lipinski definition) is 3. The average Bonchev–Trinajstić information content (AvgIpc) is 2.48. The summed E-state index contributed by atoms with van der Waals surface area (Å²) in [5, 5.41) is 5.86. The molecule has 0 aliphatic carbocycles.